The van der Waals surface area contributed by atoms with Crippen LogP contribution in [-0.4, -0.2) is 61.5 Å². The van der Waals surface area contributed by atoms with Crippen LogP contribution in [0.5, 0.6) is 0 Å². The third-order valence-electron chi connectivity index (χ3n) is 4.77. The van der Waals surface area contributed by atoms with Crippen molar-refractivity contribution in [2.24, 2.45) is 0 Å². The number of anilines is 2. The number of nitrogen functional groups attached to an aromatic ring is 1. The molecule has 7 nitrogen and oxygen atoms in total. The molecule has 1 fully saturated rings. The SMILES string of the molecule is CC(C)NC(=O)CNC(=O)c1cc(N2CCCN(C(C)C)CC2)ccc1N. The van der Waals surface area contributed by atoms with E-state index in [-0.39, 0.29) is 24.4 Å². The van der Waals surface area contributed by atoms with Crippen molar-refractivity contribution in [3.8, 4) is 0 Å². The summed E-state index contributed by atoms with van der Waals surface area (Å²) in [5.74, 6) is -0.541. The largest absolute Gasteiger partial charge is 0.398 e. The van der Waals surface area contributed by atoms with Crippen molar-refractivity contribution in [2.45, 2.75) is 46.2 Å². The Morgan fingerprint density at radius 2 is 1.85 bits per heavy atom. The van der Waals surface area contributed by atoms with Gasteiger partial charge in [-0.2, -0.15) is 0 Å². The van der Waals surface area contributed by atoms with Crippen molar-refractivity contribution in [3.05, 3.63) is 23.8 Å². The first kappa shape index (κ1) is 21.0. The molecular formula is C20H33N5O2. The van der Waals surface area contributed by atoms with E-state index < -0.39 is 0 Å². The number of rotatable bonds is 6. The predicted molar refractivity (Wildman–Crippen MR) is 110 cm³/mol. The summed E-state index contributed by atoms with van der Waals surface area (Å²) in [5.41, 5.74) is 7.83. The maximum atomic E-state index is 12.5. The molecule has 0 spiro atoms. The Balaban J connectivity index is 2.04. The van der Waals surface area contributed by atoms with E-state index in [9.17, 15) is 9.59 Å². The zero-order valence-electron chi connectivity index (χ0n) is 16.9. The summed E-state index contributed by atoms with van der Waals surface area (Å²) < 4.78 is 0. The average Bonchev–Trinajstić information content (AvgIpc) is 2.86. The van der Waals surface area contributed by atoms with Crippen LogP contribution >= 0.6 is 0 Å². The van der Waals surface area contributed by atoms with E-state index in [0.29, 0.717) is 17.3 Å². The highest BCUT2D eigenvalue weighted by Crippen LogP contribution is 2.23. The molecule has 0 aromatic heterocycles. The van der Waals surface area contributed by atoms with Gasteiger partial charge < -0.3 is 21.3 Å². The molecule has 0 saturated carbocycles. The fourth-order valence-electron chi connectivity index (χ4n) is 3.28. The molecule has 1 aromatic carbocycles. The first-order chi connectivity index (χ1) is 12.8. The lowest BCUT2D eigenvalue weighted by atomic mass is 10.1. The van der Waals surface area contributed by atoms with Gasteiger partial charge in [0.1, 0.15) is 0 Å². The van der Waals surface area contributed by atoms with Crippen LogP contribution < -0.4 is 21.3 Å². The molecule has 2 rings (SSSR count). The molecule has 0 atom stereocenters. The fourth-order valence-corrected chi connectivity index (χ4v) is 3.28. The van der Waals surface area contributed by atoms with Crippen molar-refractivity contribution in [1.82, 2.24) is 15.5 Å². The summed E-state index contributed by atoms with van der Waals surface area (Å²) in [4.78, 5) is 29.0. The molecule has 1 aliphatic rings. The van der Waals surface area contributed by atoms with E-state index in [2.05, 4.69) is 34.3 Å². The van der Waals surface area contributed by atoms with Crippen LogP contribution in [0.3, 0.4) is 0 Å². The number of amides is 2. The minimum Gasteiger partial charge on any atom is -0.398 e. The third-order valence-corrected chi connectivity index (χ3v) is 4.77. The van der Waals surface area contributed by atoms with Gasteiger partial charge >= 0.3 is 0 Å². The predicted octanol–water partition coefficient (Wildman–Crippen LogP) is 1.44. The van der Waals surface area contributed by atoms with Gasteiger partial charge in [-0.15, -0.1) is 0 Å². The highest BCUT2D eigenvalue weighted by molar-refractivity contribution is 6.01. The normalized spacial score (nSPS) is 15.7. The first-order valence-corrected chi connectivity index (χ1v) is 9.74. The van der Waals surface area contributed by atoms with Gasteiger partial charge in [0.25, 0.3) is 5.91 Å². The Kier molecular flexibility index (Phi) is 7.47. The van der Waals surface area contributed by atoms with E-state index in [0.717, 1.165) is 38.3 Å². The van der Waals surface area contributed by atoms with Crippen LogP contribution in [0.25, 0.3) is 0 Å². The molecule has 27 heavy (non-hydrogen) atoms. The Morgan fingerprint density at radius 1 is 1.11 bits per heavy atom. The second-order valence-electron chi connectivity index (χ2n) is 7.65. The Morgan fingerprint density at radius 3 is 2.52 bits per heavy atom. The van der Waals surface area contributed by atoms with Crippen molar-refractivity contribution in [1.29, 1.82) is 0 Å². The smallest absolute Gasteiger partial charge is 0.253 e. The van der Waals surface area contributed by atoms with Gasteiger partial charge in [0, 0.05) is 49.6 Å². The van der Waals surface area contributed by atoms with E-state index >= 15 is 0 Å². The van der Waals surface area contributed by atoms with Gasteiger partial charge in [-0.25, -0.2) is 0 Å². The highest BCUT2D eigenvalue weighted by Gasteiger charge is 2.19. The summed E-state index contributed by atoms with van der Waals surface area (Å²) in [7, 11) is 0. The maximum Gasteiger partial charge on any atom is 0.253 e. The van der Waals surface area contributed by atoms with Gasteiger partial charge in [-0.1, -0.05) is 0 Å². The molecule has 4 N–H and O–H groups in total. The summed E-state index contributed by atoms with van der Waals surface area (Å²) in [6, 6.07) is 6.13. The van der Waals surface area contributed by atoms with Crippen molar-refractivity contribution in [3.63, 3.8) is 0 Å². The molecule has 0 unspecified atom stereocenters. The Bertz CT molecular complexity index is 660. The number of nitrogens with two attached hydrogens (primary N) is 1. The van der Waals surface area contributed by atoms with Crippen molar-refractivity contribution < 1.29 is 9.59 Å². The zero-order valence-corrected chi connectivity index (χ0v) is 16.9. The molecule has 2 amide bonds. The lowest BCUT2D eigenvalue weighted by Crippen LogP contribution is -2.40. The Hall–Kier alpha value is -2.28. The molecule has 0 aliphatic carbocycles. The molecule has 1 saturated heterocycles. The van der Waals surface area contributed by atoms with Crippen LogP contribution in [0.15, 0.2) is 18.2 Å². The monoisotopic (exact) mass is 375 g/mol. The number of carbonyl (C=O) groups excluding carboxylic acids is 2. The summed E-state index contributed by atoms with van der Waals surface area (Å²) in [6.45, 7) is 12.1. The van der Waals surface area contributed by atoms with Crippen LogP contribution in [-0.2, 0) is 4.79 Å². The summed E-state index contributed by atoms with van der Waals surface area (Å²) in [6.07, 6.45) is 1.08. The average molecular weight is 376 g/mol. The molecular weight excluding hydrogens is 342 g/mol. The molecule has 7 heteroatoms. The lowest BCUT2D eigenvalue weighted by Gasteiger charge is -2.26. The number of hydrogen-bond donors (Lipinski definition) is 3. The van der Waals surface area contributed by atoms with Gasteiger partial charge in [0.2, 0.25) is 5.91 Å². The van der Waals surface area contributed by atoms with Gasteiger partial charge in [0.15, 0.2) is 0 Å². The zero-order chi connectivity index (χ0) is 20.0. The van der Waals surface area contributed by atoms with Crippen LogP contribution in [0.1, 0.15) is 44.5 Å². The highest BCUT2D eigenvalue weighted by atomic mass is 16.2. The van der Waals surface area contributed by atoms with Gasteiger partial charge in [-0.05, 0) is 52.3 Å². The van der Waals surface area contributed by atoms with Gasteiger partial charge in [0.05, 0.1) is 12.1 Å². The molecule has 150 valence electrons. The molecule has 1 aromatic rings. The topological polar surface area (TPSA) is 90.7 Å². The molecule has 0 bridgehead atoms. The third kappa shape index (κ3) is 6.13. The number of carbonyl (C=O) groups is 2. The first-order valence-electron chi connectivity index (χ1n) is 9.74. The van der Waals surface area contributed by atoms with Crippen molar-refractivity contribution in [2.75, 3.05) is 43.4 Å². The second-order valence-corrected chi connectivity index (χ2v) is 7.65. The van der Waals surface area contributed by atoms with Gasteiger partial charge in [-0.3, -0.25) is 14.5 Å². The number of hydrogen-bond acceptors (Lipinski definition) is 5. The van der Waals surface area contributed by atoms with Crippen LogP contribution in [0.2, 0.25) is 0 Å². The number of benzene rings is 1. The number of nitrogens with zero attached hydrogens (tertiary/aromatic N) is 2. The summed E-state index contributed by atoms with van der Waals surface area (Å²) >= 11 is 0. The van der Waals surface area contributed by atoms with E-state index in [1.165, 1.54) is 0 Å². The number of nitrogens with one attached hydrogen (secondary N) is 2. The minimum atomic E-state index is -0.327. The van der Waals surface area contributed by atoms with E-state index in [1.54, 1.807) is 6.07 Å². The standard InChI is InChI=1S/C20H33N5O2/c1-14(2)23-19(26)13-22-20(27)17-12-16(6-7-18(17)21)25-9-5-8-24(10-11-25)15(3)4/h6-7,12,14-15H,5,8-11,13,21H2,1-4H3,(H,22,27)(H,23,26). The van der Waals surface area contributed by atoms with Crippen LogP contribution in [0.4, 0.5) is 11.4 Å². The van der Waals surface area contributed by atoms with Crippen LogP contribution in [0, 0.1) is 0 Å². The molecule has 1 heterocycles. The molecule has 0 radical (unpaired) electrons. The second kappa shape index (κ2) is 9.60. The van der Waals surface area contributed by atoms with E-state index in [4.69, 9.17) is 5.73 Å². The summed E-state index contributed by atoms with van der Waals surface area (Å²) in [5, 5.41) is 5.40. The van der Waals surface area contributed by atoms with E-state index in [1.807, 2.05) is 26.0 Å². The lowest BCUT2D eigenvalue weighted by molar-refractivity contribution is -0.120. The quantitative estimate of drug-likeness (QED) is 0.655. The maximum absolute atomic E-state index is 12.5. The Labute approximate surface area is 162 Å². The molecule has 1 aliphatic heterocycles. The minimum absolute atomic E-state index is 0.0382. The fraction of sp³-hybridized carbons (Fsp3) is 0.600. The van der Waals surface area contributed by atoms with Crippen molar-refractivity contribution >= 4 is 23.2 Å².